The van der Waals surface area contributed by atoms with Crippen molar-refractivity contribution in [2.45, 2.75) is 179 Å². The van der Waals surface area contributed by atoms with Gasteiger partial charge >= 0.3 is 11.9 Å². The molecule has 10 nitrogen and oxygen atoms in total. The van der Waals surface area contributed by atoms with Crippen molar-refractivity contribution in [1.82, 2.24) is 0 Å². The Kier molecular flexibility index (Phi) is 32.4. The van der Waals surface area contributed by atoms with Gasteiger partial charge in [-0.25, -0.2) is 0 Å². The second-order valence-electron chi connectivity index (χ2n) is 14.0. The first-order valence-electron chi connectivity index (χ1n) is 21.0. The summed E-state index contributed by atoms with van der Waals surface area (Å²) in [6.45, 7) is 3.14. The van der Waals surface area contributed by atoms with Crippen LogP contribution in [-0.4, -0.2) is 89.0 Å². The number of hydrogen-bond acceptors (Lipinski definition) is 10. The van der Waals surface area contributed by atoms with E-state index in [9.17, 15) is 30.0 Å². The normalized spacial score (nSPS) is 21.3. The van der Waals surface area contributed by atoms with E-state index in [-0.39, 0.29) is 26.1 Å². The van der Waals surface area contributed by atoms with E-state index in [2.05, 4.69) is 86.8 Å². The van der Waals surface area contributed by atoms with Crippen molar-refractivity contribution >= 4 is 11.9 Å². The highest BCUT2D eigenvalue weighted by atomic mass is 16.7. The number of esters is 2. The average Bonchev–Trinajstić information content (AvgIpc) is 3.18. The molecule has 6 atom stereocenters. The summed E-state index contributed by atoms with van der Waals surface area (Å²) in [4.78, 5) is 25.3. The number of allylic oxidation sites excluding steroid dienone is 12. The molecule has 10 heteroatoms. The van der Waals surface area contributed by atoms with Gasteiger partial charge in [0.2, 0.25) is 0 Å². The van der Waals surface area contributed by atoms with Crippen LogP contribution in [0.5, 0.6) is 0 Å². The molecule has 1 rings (SSSR count). The minimum atomic E-state index is -1.60. The van der Waals surface area contributed by atoms with Crippen LogP contribution in [0, 0.1) is 0 Å². The Hall–Kier alpha value is -2.86. The predicted octanol–water partition coefficient (Wildman–Crippen LogP) is 8.44. The Labute approximate surface area is 332 Å². The standard InChI is InChI=1S/C45H74O10/c1-3-5-7-9-11-13-15-17-19-21-23-25-27-29-31-33-40(47)52-36-38(37-53-45-44(51)43(50)42(49)39(35-46)55-45)54-41(48)34-32-30-28-26-24-22-20-18-16-14-12-10-8-6-4-2/h5-8,11-14,17-20,38-39,42-46,49-51H,3-4,9-10,15-16,21-37H2,1-2H3/b7-5-,8-6-,13-11-,14-12-,19-17-,20-18-/t38-,39-,42-,43+,44-,45+/m1/s1. The molecule has 0 aromatic carbocycles. The summed E-state index contributed by atoms with van der Waals surface area (Å²) in [6.07, 6.45) is 36.2. The number of carbonyl (C=O) groups excluding carboxylic acids is 2. The highest BCUT2D eigenvalue weighted by Crippen LogP contribution is 2.22. The molecule has 1 saturated heterocycles. The summed E-state index contributed by atoms with van der Waals surface area (Å²) in [5.74, 6) is -0.855. The molecule has 55 heavy (non-hydrogen) atoms. The summed E-state index contributed by atoms with van der Waals surface area (Å²) < 4.78 is 22.1. The zero-order valence-electron chi connectivity index (χ0n) is 33.9. The average molecular weight is 775 g/mol. The molecule has 1 fully saturated rings. The fourth-order valence-electron chi connectivity index (χ4n) is 5.80. The monoisotopic (exact) mass is 775 g/mol. The van der Waals surface area contributed by atoms with Gasteiger partial charge in [-0.3, -0.25) is 9.59 Å². The Balaban J connectivity index is 2.39. The van der Waals surface area contributed by atoms with Crippen molar-refractivity contribution in [1.29, 1.82) is 0 Å². The van der Waals surface area contributed by atoms with Crippen LogP contribution in [0.25, 0.3) is 0 Å². The number of unbranched alkanes of at least 4 members (excludes halogenated alkanes) is 10. The number of carbonyl (C=O) groups is 2. The lowest BCUT2D eigenvalue weighted by molar-refractivity contribution is -0.305. The Bertz CT molecular complexity index is 1120. The van der Waals surface area contributed by atoms with Gasteiger partial charge in [0.05, 0.1) is 13.2 Å². The van der Waals surface area contributed by atoms with Crippen LogP contribution >= 0.6 is 0 Å². The lowest BCUT2D eigenvalue weighted by Gasteiger charge is -2.39. The van der Waals surface area contributed by atoms with Crippen LogP contribution in [0.15, 0.2) is 72.9 Å². The maximum Gasteiger partial charge on any atom is 0.306 e. The van der Waals surface area contributed by atoms with Gasteiger partial charge in [0.1, 0.15) is 31.0 Å². The lowest BCUT2D eigenvalue weighted by atomic mass is 9.99. The summed E-state index contributed by atoms with van der Waals surface area (Å²) in [5.41, 5.74) is 0. The zero-order valence-corrected chi connectivity index (χ0v) is 33.9. The maximum atomic E-state index is 12.7. The van der Waals surface area contributed by atoms with Gasteiger partial charge in [-0.1, -0.05) is 125 Å². The molecule has 1 aliphatic rings. The summed E-state index contributed by atoms with van der Waals surface area (Å²) in [7, 11) is 0. The van der Waals surface area contributed by atoms with Crippen molar-refractivity contribution in [2.75, 3.05) is 19.8 Å². The highest BCUT2D eigenvalue weighted by Gasteiger charge is 2.44. The third-order valence-corrected chi connectivity index (χ3v) is 9.09. The summed E-state index contributed by atoms with van der Waals surface area (Å²) in [6, 6.07) is 0. The minimum Gasteiger partial charge on any atom is -0.462 e. The van der Waals surface area contributed by atoms with Gasteiger partial charge < -0.3 is 39.4 Å². The van der Waals surface area contributed by atoms with E-state index in [4.69, 9.17) is 18.9 Å². The molecule has 314 valence electrons. The largest absolute Gasteiger partial charge is 0.462 e. The number of aliphatic hydroxyl groups excluding tert-OH is 4. The predicted molar refractivity (Wildman–Crippen MR) is 219 cm³/mol. The van der Waals surface area contributed by atoms with E-state index in [1.807, 2.05) is 0 Å². The second-order valence-corrected chi connectivity index (χ2v) is 14.0. The molecular weight excluding hydrogens is 700 g/mol. The van der Waals surface area contributed by atoms with Crippen LogP contribution in [0.1, 0.15) is 142 Å². The van der Waals surface area contributed by atoms with Crippen molar-refractivity contribution in [3.8, 4) is 0 Å². The molecule has 0 radical (unpaired) electrons. The topological polar surface area (TPSA) is 152 Å². The third-order valence-electron chi connectivity index (χ3n) is 9.09. The van der Waals surface area contributed by atoms with Gasteiger partial charge in [0.15, 0.2) is 12.4 Å². The molecule has 0 aliphatic carbocycles. The van der Waals surface area contributed by atoms with E-state index < -0.39 is 55.4 Å². The molecule has 0 saturated carbocycles. The summed E-state index contributed by atoms with van der Waals surface area (Å²) in [5, 5.41) is 40.0. The van der Waals surface area contributed by atoms with Crippen molar-refractivity contribution in [2.24, 2.45) is 0 Å². The van der Waals surface area contributed by atoms with E-state index in [0.29, 0.717) is 12.8 Å². The van der Waals surface area contributed by atoms with Crippen molar-refractivity contribution in [3.63, 3.8) is 0 Å². The van der Waals surface area contributed by atoms with Crippen LogP contribution < -0.4 is 0 Å². The van der Waals surface area contributed by atoms with Crippen LogP contribution in [0.2, 0.25) is 0 Å². The van der Waals surface area contributed by atoms with Crippen LogP contribution in [0.4, 0.5) is 0 Å². The quantitative estimate of drug-likeness (QED) is 0.0291. The first-order chi connectivity index (χ1) is 26.8. The van der Waals surface area contributed by atoms with E-state index >= 15 is 0 Å². The van der Waals surface area contributed by atoms with Gasteiger partial charge in [-0.2, -0.15) is 0 Å². The molecular formula is C45H74O10. The first-order valence-corrected chi connectivity index (χ1v) is 21.0. The number of rotatable bonds is 33. The smallest absolute Gasteiger partial charge is 0.306 e. The molecule has 1 aliphatic heterocycles. The number of hydrogen-bond donors (Lipinski definition) is 4. The van der Waals surface area contributed by atoms with Crippen LogP contribution in [0.3, 0.4) is 0 Å². The van der Waals surface area contributed by atoms with E-state index in [0.717, 1.165) is 103 Å². The van der Waals surface area contributed by atoms with Gasteiger partial charge in [0, 0.05) is 12.8 Å². The lowest BCUT2D eigenvalue weighted by Crippen LogP contribution is -2.59. The molecule has 0 amide bonds. The molecule has 0 unspecified atom stereocenters. The van der Waals surface area contributed by atoms with Crippen molar-refractivity contribution in [3.05, 3.63) is 72.9 Å². The van der Waals surface area contributed by atoms with E-state index in [1.54, 1.807) is 0 Å². The molecule has 0 aromatic heterocycles. The molecule has 0 aromatic rings. The van der Waals surface area contributed by atoms with Crippen molar-refractivity contribution < 1.29 is 49.0 Å². The number of ether oxygens (including phenoxy) is 4. The van der Waals surface area contributed by atoms with Crippen LogP contribution in [-0.2, 0) is 28.5 Å². The number of aliphatic hydroxyl groups is 4. The summed E-state index contributed by atoms with van der Waals surface area (Å²) >= 11 is 0. The first kappa shape index (κ1) is 50.2. The van der Waals surface area contributed by atoms with E-state index in [1.165, 1.54) is 0 Å². The SMILES string of the molecule is CC/C=C\C/C=C\C/C=C\CCCCCCCC(=O)OC[C@H](CO[C@H]1O[C@H](CO)[C@@H](O)[C@H](O)[C@H]1O)OC(=O)CCCCCCC/C=C\C/C=C\C/C=C\CC. The fraction of sp³-hybridized carbons (Fsp3) is 0.689. The van der Waals surface area contributed by atoms with Gasteiger partial charge in [-0.15, -0.1) is 0 Å². The highest BCUT2D eigenvalue weighted by molar-refractivity contribution is 5.70. The third kappa shape index (κ3) is 27.4. The van der Waals surface area contributed by atoms with Gasteiger partial charge in [-0.05, 0) is 77.0 Å². The zero-order chi connectivity index (χ0) is 40.2. The molecule has 4 N–H and O–H groups in total. The Morgan fingerprint density at radius 3 is 1.53 bits per heavy atom. The fourth-order valence-corrected chi connectivity index (χ4v) is 5.80. The Morgan fingerprint density at radius 1 is 0.564 bits per heavy atom. The molecule has 0 bridgehead atoms. The van der Waals surface area contributed by atoms with Gasteiger partial charge in [0.25, 0.3) is 0 Å². The molecule has 1 heterocycles. The molecule has 0 spiro atoms. The Morgan fingerprint density at radius 2 is 1.02 bits per heavy atom. The minimum absolute atomic E-state index is 0.202. The maximum absolute atomic E-state index is 12.7. The second kappa shape index (κ2) is 35.5.